The third-order valence-electron chi connectivity index (χ3n) is 1.17. The fourth-order valence-electron chi connectivity index (χ4n) is 0.505. The first-order valence-corrected chi connectivity index (χ1v) is 3.60. The predicted octanol–water partition coefficient (Wildman–Crippen LogP) is -0.464. The molecule has 0 amide bonds. The van der Waals surface area contributed by atoms with E-state index < -0.39 is 5.97 Å². The summed E-state index contributed by atoms with van der Waals surface area (Å²) in [5.74, 6) is -0.619. The van der Waals surface area contributed by atoms with Crippen molar-refractivity contribution in [2.45, 2.75) is 0 Å². The van der Waals surface area contributed by atoms with Crippen molar-refractivity contribution in [2.24, 2.45) is 0 Å². The summed E-state index contributed by atoms with van der Waals surface area (Å²) >= 11 is 0. The first-order chi connectivity index (χ1) is 5.45. The molecule has 0 atom stereocenters. The molecule has 5 heteroatoms. The van der Waals surface area contributed by atoms with E-state index in [0.29, 0.717) is 6.61 Å². The van der Waals surface area contributed by atoms with Crippen molar-refractivity contribution < 1.29 is 18.8 Å². The smallest absolute Gasteiger partial charge is 0.413 e. The largest absolute Gasteiger partial charge is 0.451 e. The first kappa shape index (κ1) is 10.8. The van der Waals surface area contributed by atoms with Crippen molar-refractivity contribution in [2.75, 3.05) is 34.3 Å². The summed E-state index contributed by atoms with van der Waals surface area (Å²) in [4.78, 5) is 13.1. The maximum absolute atomic E-state index is 10.6. The van der Waals surface area contributed by atoms with E-state index in [0.717, 1.165) is 17.2 Å². The number of carbonyl (C=O) groups excluding carboxylic acids is 1. The molecular formula is C7H14N3O2+. The van der Waals surface area contributed by atoms with Gasteiger partial charge < -0.3 is 14.8 Å². The van der Waals surface area contributed by atoms with Gasteiger partial charge in [0.15, 0.2) is 0 Å². The van der Waals surface area contributed by atoms with Crippen molar-refractivity contribution in [3.05, 3.63) is 5.53 Å². The Morgan fingerprint density at radius 1 is 1.58 bits per heavy atom. The lowest BCUT2D eigenvalue weighted by molar-refractivity contribution is -0.870. The average Bonchev–Trinajstić information content (AvgIpc) is 1.84. The van der Waals surface area contributed by atoms with Gasteiger partial charge in [-0.3, -0.25) is 0 Å². The van der Waals surface area contributed by atoms with Gasteiger partial charge in [-0.05, 0) is 0 Å². The van der Waals surface area contributed by atoms with Gasteiger partial charge in [-0.2, -0.15) is 4.79 Å². The predicted molar refractivity (Wildman–Crippen MR) is 43.5 cm³/mol. The maximum Gasteiger partial charge on any atom is 0.413 e. The number of likely N-dealkylation sites (N-methyl/N-ethyl adjacent to an activating group) is 1. The van der Waals surface area contributed by atoms with E-state index in [4.69, 9.17) is 10.3 Å². The molecule has 0 aromatic heterocycles. The molecule has 68 valence electrons. The second-order valence-corrected chi connectivity index (χ2v) is 3.43. The summed E-state index contributed by atoms with van der Waals surface area (Å²) in [6.07, 6.45) is 0.732. The quantitative estimate of drug-likeness (QED) is 0.189. The molecular weight excluding hydrogens is 158 g/mol. The molecule has 0 unspecified atom stereocenters. The lowest BCUT2D eigenvalue weighted by atomic mass is 10.5. The molecule has 0 saturated carbocycles. The molecule has 0 aliphatic carbocycles. The zero-order chi connectivity index (χ0) is 9.61. The van der Waals surface area contributed by atoms with Gasteiger partial charge in [0.2, 0.25) is 0 Å². The molecule has 0 heterocycles. The van der Waals surface area contributed by atoms with Crippen LogP contribution in [-0.2, 0) is 9.53 Å². The van der Waals surface area contributed by atoms with Gasteiger partial charge in [-0.15, -0.1) is 0 Å². The van der Waals surface area contributed by atoms with Crippen LogP contribution in [0.2, 0.25) is 0 Å². The van der Waals surface area contributed by atoms with Crippen LogP contribution in [0.5, 0.6) is 0 Å². The van der Waals surface area contributed by atoms with Crippen molar-refractivity contribution >= 4 is 12.2 Å². The molecule has 0 N–H and O–H groups in total. The Morgan fingerprint density at radius 3 is 2.58 bits per heavy atom. The van der Waals surface area contributed by atoms with Crippen LogP contribution in [0.15, 0.2) is 0 Å². The van der Waals surface area contributed by atoms with Gasteiger partial charge in [0, 0.05) is 0 Å². The van der Waals surface area contributed by atoms with E-state index in [9.17, 15) is 4.79 Å². The minimum atomic E-state index is -0.619. The minimum Gasteiger partial charge on any atom is -0.451 e. The first-order valence-electron chi connectivity index (χ1n) is 3.60. The van der Waals surface area contributed by atoms with E-state index in [-0.39, 0.29) is 0 Å². The third kappa shape index (κ3) is 6.92. The van der Waals surface area contributed by atoms with Gasteiger partial charge in [-0.25, -0.2) is 4.79 Å². The van der Waals surface area contributed by atoms with Gasteiger partial charge in [0.05, 0.1) is 21.1 Å². The number of rotatable bonds is 4. The highest BCUT2D eigenvalue weighted by Gasteiger charge is 2.09. The standard InChI is InChI=1S/C7H14N3O2/c1-10(2,3)4-5-12-7(11)6-9-8/h6H,4-5H2,1-3H3/q+1. The lowest BCUT2D eigenvalue weighted by Crippen LogP contribution is -2.38. The van der Waals surface area contributed by atoms with Crippen molar-refractivity contribution in [1.29, 1.82) is 0 Å². The molecule has 0 aromatic carbocycles. The molecule has 0 radical (unpaired) electrons. The van der Waals surface area contributed by atoms with Crippen molar-refractivity contribution in [3.63, 3.8) is 0 Å². The molecule has 0 fully saturated rings. The van der Waals surface area contributed by atoms with E-state index in [1.54, 1.807) is 0 Å². The molecule has 0 rings (SSSR count). The maximum atomic E-state index is 10.6. The summed E-state index contributed by atoms with van der Waals surface area (Å²) in [6.45, 7) is 1.05. The molecule has 0 aliphatic rings. The van der Waals surface area contributed by atoms with Crippen LogP contribution in [0.4, 0.5) is 0 Å². The van der Waals surface area contributed by atoms with Crippen LogP contribution in [-0.4, -0.2) is 55.8 Å². The third-order valence-corrected chi connectivity index (χ3v) is 1.17. The Hall–Kier alpha value is -1.19. The van der Waals surface area contributed by atoms with Crippen LogP contribution in [0.3, 0.4) is 0 Å². The Balaban J connectivity index is 3.57. The van der Waals surface area contributed by atoms with E-state index in [1.807, 2.05) is 21.1 Å². The number of ether oxygens (including phenoxy) is 1. The van der Waals surface area contributed by atoms with Gasteiger partial charge in [-0.1, -0.05) is 0 Å². The highest BCUT2D eigenvalue weighted by Crippen LogP contribution is 1.88. The van der Waals surface area contributed by atoms with E-state index in [1.165, 1.54) is 0 Å². The lowest BCUT2D eigenvalue weighted by Gasteiger charge is -2.22. The molecule has 0 aliphatic heterocycles. The number of nitrogens with zero attached hydrogens (tertiary/aromatic N) is 3. The van der Waals surface area contributed by atoms with Crippen molar-refractivity contribution in [3.8, 4) is 0 Å². The minimum absolute atomic E-state index is 0.328. The molecule has 0 bridgehead atoms. The Bertz CT molecular complexity index is 201. The SMILES string of the molecule is C[N+](C)(C)CCOC(=O)C=[N+]=[N-]. The second-order valence-electron chi connectivity index (χ2n) is 3.43. The number of hydrogen-bond acceptors (Lipinski definition) is 2. The molecule has 0 spiro atoms. The Kier molecular flexibility index (Phi) is 4.18. The Morgan fingerprint density at radius 2 is 2.17 bits per heavy atom. The molecule has 5 nitrogen and oxygen atoms in total. The van der Waals surface area contributed by atoms with Gasteiger partial charge in [0.1, 0.15) is 13.2 Å². The monoisotopic (exact) mass is 172 g/mol. The zero-order valence-electron chi connectivity index (χ0n) is 7.65. The molecule has 0 aromatic rings. The second kappa shape index (κ2) is 4.64. The van der Waals surface area contributed by atoms with Crippen LogP contribution >= 0.6 is 0 Å². The number of carbonyl (C=O) groups is 1. The fraction of sp³-hybridized carbons (Fsp3) is 0.714. The van der Waals surface area contributed by atoms with Crippen LogP contribution in [0.25, 0.3) is 5.53 Å². The summed E-state index contributed by atoms with van der Waals surface area (Å²) in [7, 11) is 5.98. The average molecular weight is 172 g/mol. The summed E-state index contributed by atoms with van der Waals surface area (Å²) in [5.41, 5.74) is 7.96. The number of hydrogen-bond donors (Lipinski definition) is 0. The topological polar surface area (TPSA) is 62.7 Å². The Labute approximate surface area is 71.8 Å². The molecule has 12 heavy (non-hydrogen) atoms. The highest BCUT2D eigenvalue weighted by atomic mass is 16.5. The summed E-state index contributed by atoms with van der Waals surface area (Å²) in [5, 5.41) is 0. The molecule has 0 saturated heterocycles. The van der Waals surface area contributed by atoms with Gasteiger partial charge in [0.25, 0.3) is 0 Å². The summed E-state index contributed by atoms with van der Waals surface area (Å²) in [6, 6.07) is 0. The van der Waals surface area contributed by atoms with E-state index >= 15 is 0 Å². The number of esters is 1. The van der Waals surface area contributed by atoms with Crippen LogP contribution in [0.1, 0.15) is 0 Å². The normalized spacial score (nSPS) is 10.2. The van der Waals surface area contributed by atoms with E-state index in [2.05, 4.69) is 4.79 Å². The highest BCUT2D eigenvalue weighted by molar-refractivity contribution is 6.20. The fourth-order valence-corrected chi connectivity index (χ4v) is 0.505. The van der Waals surface area contributed by atoms with Crippen molar-refractivity contribution in [1.82, 2.24) is 0 Å². The number of quaternary nitrogens is 1. The van der Waals surface area contributed by atoms with Gasteiger partial charge >= 0.3 is 12.2 Å². The zero-order valence-corrected chi connectivity index (χ0v) is 7.65. The van der Waals surface area contributed by atoms with Crippen LogP contribution in [0, 0.1) is 0 Å². The summed E-state index contributed by atoms with van der Waals surface area (Å²) < 4.78 is 5.42. The van der Waals surface area contributed by atoms with Crippen LogP contribution < -0.4 is 0 Å².